The quantitative estimate of drug-likeness (QED) is 0.779. The number of nitrogens with zero attached hydrogens (tertiary/aromatic N) is 2. The molecule has 0 spiro atoms. The Morgan fingerprint density at radius 3 is 3.00 bits per heavy atom. The van der Waals surface area contributed by atoms with Crippen molar-refractivity contribution in [1.29, 1.82) is 0 Å². The molecular weight excluding hydrogens is 234 g/mol. The molecule has 0 aliphatic carbocycles. The van der Waals surface area contributed by atoms with Crippen LogP contribution >= 0.6 is 15.9 Å². The van der Waals surface area contributed by atoms with Crippen LogP contribution in [0, 0.1) is 0 Å². The summed E-state index contributed by atoms with van der Waals surface area (Å²) in [4.78, 5) is 0. The minimum Gasteiger partial charge on any atom is -0.389 e. The molecule has 0 aromatic heterocycles. The van der Waals surface area contributed by atoms with E-state index in [0.717, 1.165) is 11.0 Å². The average Bonchev–Trinajstić information content (AvgIpc) is 2.00. The topological polar surface area (TPSA) is 57.0 Å². The summed E-state index contributed by atoms with van der Waals surface area (Å²) in [5.74, 6) is 0. The molecule has 0 fully saturated rings. The van der Waals surface area contributed by atoms with Gasteiger partial charge in [0.2, 0.25) is 0 Å². The molecule has 1 rings (SSSR count). The first kappa shape index (κ1) is 10.8. The minimum absolute atomic E-state index is 0.165. The summed E-state index contributed by atoms with van der Waals surface area (Å²) in [5, 5.41) is 20.3. The predicted octanol–water partition coefficient (Wildman–Crippen LogP) is 0.898. The van der Waals surface area contributed by atoms with Crippen molar-refractivity contribution in [3.63, 3.8) is 0 Å². The van der Waals surface area contributed by atoms with Crippen LogP contribution in [-0.4, -0.2) is 34.1 Å². The molecule has 0 saturated carbocycles. The van der Waals surface area contributed by atoms with Crippen molar-refractivity contribution in [2.75, 3.05) is 6.54 Å². The highest BCUT2D eigenvalue weighted by Crippen LogP contribution is 2.06. The predicted molar refractivity (Wildman–Crippen MR) is 57.6 cm³/mol. The molecule has 5 heteroatoms. The van der Waals surface area contributed by atoms with E-state index in [1.807, 2.05) is 0 Å². The van der Waals surface area contributed by atoms with Crippen LogP contribution in [0.25, 0.3) is 0 Å². The molecule has 74 valence electrons. The van der Waals surface area contributed by atoms with E-state index in [9.17, 15) is 5.11 Å². The number of aliphatic hydroxyl groups is 1. The van der Waals surface area contributed by atoms with Crippen molar-refractivity contribution in [2.45, 2.75) is 31.9 Å². The van der Waals surface area contributed by atoms with Crippen molar-refractivity contribution in [3.05, 3.63) is 0 Å². The number of rotatable bonds is 3. The Morgan fingerprint density at radius 1 is 1.77 bits per heavy atom. The van der Waals surface area contributed by atoms with E-state index in [1.165, 1.54) is 0 Å². The number of hydrogen-bond donors (Lipinski definition) is 2. The number of hydrogen-bond acceptors (Lipinski definition) is 4. The maximum atomic E-state index is 9.47. The van der Waals surface area contributed by atoms with Crippen molar-refractivity contribution < 1.29 is 5.11 Å². The van der Waals surface area contributed by atoms with Gasteiger partial charge in [0.25, 0.3) is 0 Å². The Labute approximate surface area is 86.3 Å². The third-order valence-corrected chi connectivity index (χ3v) is 2.08. The van der Waals surface area contributed by atoms with Gasteiger partial charge in [0.1, 0.15) is 4.62 Å². The number of nitrogens with one attached hydrogen (secondary N) is 1. The summed E-state index contributed by atoms with van der Waals surface area (Å²) >= 11 is 3.28. The van der Waals surface area contributed by atoms with Crippen LogP contribution in [0.5, 0.6) is 0 Å². The molecule has 0 amide bonds. The fourth-order valence-corrected chi connectivity index (χ4v) is 1.40. The van der Waals surface area contributed by atoms with Crippen LogP contribution in [-0.2, 0) is 0 Å². The summed E-state index contributed by atoms with van der Waals surface area (Å²) < 4.78 is 0.836. The number of halogens is 1. The van der Waals surface area contributed by atoms with Crippen molar-refractivity contribution >= 4 is 26.8 Å². The molecular formula is C8H14BrN3O. The smallest absolute Gasteiger partial charge is 0.107 e. The molecule has 4 nitrogen and oxygen atoms in total. The molecule has 1 unspecified atom stereocenters. The summed E-state index contributed by atoms with van der Waals surface area (Å²) in [6.45, 7) is 4.08. The fourth-order valence-electron chi connectivity index (χ4n) is 0.957. The highest BCUT2D eigenvalue weighted by Gasteiger charge is 2.17. The molecule has 13 heavy (non-hydrogen) atoms. The Morgan fingerprint density at radius 2 is 2.46 bits per heavy atom. The maximum absolute atomic E-state index is 9.47. The molecule has 0 radical (unpaired) electrons. The monoisotopic (exact) mass is 247 g/mol. The van der Waals surface area contributed by atoms with E-state index in [4.69, 9.17) is 0 Å². The van der Waals surface area contributed by atoms with Gasteiger partial charge in [-0.25, -0.2) is 0 Å². The molecule has 0 aromatic carbocycles. The lowest BCUT2D eigenvalue weighted by atomic mass is 10.1. The standard InChI is InChI=1S/C8H14BrN3O/c1-8(2,13)5-10-6-3-7(9)12-11-4-6/h4,6,10,13H,3,5H2,1-2H3. The highest BCUT2D eigenvalue weighted by atomic mass is 79.9. The van der Waals surface area contributed by atoms with Crippen LogP contribution in [0.1, 0.15) is 20.3 Å². The van der Waals surface area contributed by atoms with Crippen LogP contribution in [0.3, 0.4) is 0 Å². The first-order chi connectivity index (χ1) is 5.97. The SMILES string of the molecule is CC(C)(O)CNC1C=NN=C(Br)C1. The van der Waals surface area contributed by atoms with E-state index < -0.39 is 5.60 Å². The lowest BCUT2D eigenvalue weighted by Crippen LogP contribution is -2.42. The average molecular weight is 248 g/mol. The van der Waals surface area contributed by atoms with Crippen molar-refractivity contribution in [3.8, 4) is 0 Å². The zero-order valence-electron chi connectivity index (χ0n) is 7.79. The highest BCUT2D eigenvalue weighted by molar-refractivity contribution is 9.18. The van der Waals surface area contributed by atoms with Crippen LogP contribution < -0.4 is 5.32 Å². The zero-order chi connectivity index (χ0) is 9.90. The summed E-state index contributed by atoms with van der Waals surface area (Å²) in [5.41, 5.74) is -0.686. The van der Waals surface area contributed by atoms with Gasteiger partial charge in [-0.3, -0.25) is 0 Å². The van der Waals surface area contributed by atoms with Gasteiger partial charge >= 0.3 is 0 Å². The van der Waals surface area contributed by atoms with Gasteiger partial charge in [-0.2, -0.15) is 5.10 Å². The normalized spacial score (nSPS) is 23.1. The van der Waals surface area contributed by atoms with Gasteiger partial charge in [0.15, 0.2) is 0 Å². The van der Waals surface area contributed by atoms with E-state index >= 15 is 0 Å². The third-order valence-electron chi connectivity index (χ3n) is 1.60. The summed E-state index contributed by atoms with van der Waals surface area (Å²) in [6.07, 6.45) is 2.54. The second-order valence-corrected chi connectivity index (χ2v) is 4.66. The summed E-state index contributed by atoms with van der Waals surface area (Å²) in [7, 11) is 0. The molecule has 1 heterocycles. The Hall–Kier alpha value is -0.260. The van der Waals surface area contributed by atoms with Gasteiger partial charge in [0.05, 0.1) is 11.6 Å². The van der Waals surface area contributed by atoms with E-state index in [0.29, 0.717) is 6.54 Å². The van der Waals surface area contributed by atoms with Crippen LogP contribution in [0.15, 0.2) is 10.2 Å². The summed E-state index contributed by atoms with van der Waals surface area (Å²) in [6, 6.07) is 0.165. The minimum atomic E-state index is -0.686. The molecule has 2 N–H and O–H groups in total. The molecule has 0 saturated heterocycles. The Bertz CT molecular complexity index is 232. The molecule has 1 aliphatic rings. The molecule has 0 bridgehead atoms. The van der Waals surface area contributed by atoms with Gasteiger partial charge in [-0.15, -0.1) is 5.10 Å². The molecule has 1 aliphatic heterocycles. The molecule has 1 atom stereocenters. The largest absolute Gasteiger partial charge is 0.389 e. The van der Waals surface area contributed by atoms with E-state index in [-0.39, 0.29) is 6.04 Å². The van der Waals surface area contributed by atoms with Crippen LogP contribution in [0.2, 0.25) is 0 Å². The van der Waals surface area contributed by atoms with Gasteiger partial charge in [-0.05, 0) is 29.8 Å². The third kappa shape index (κ3) is 4.50. The Balaban J connectivity index is 2.32. The van der Waals surface area contributed by atoms with Crippen molar-refractivity contribution in [2.24, 2.45) is 10.2 Å². The lowest BCUT2D eigenvalue weighted by Gasteiger charge is -2.22. The Kier molecular flexibility index (Phi) is 3.58. The van der Waals surface area contributed by atoms with E-state index in [1.54, 1.807) is 20.1 Å². The second kappa shape index (κ2) is 4.30. The van der Waals surface area contributed by atoms with Gasteiger partial charge in [-0.1, -0.05) is 0 Å². The maximum Gasteiger partial charge on any atom is 0.107 e. The van der Waals surface area contributed by atoms with Gasteiger partial charge < -0.3 is 10.4 Å². The van der Waals surface area contributed by atoms with E-state index in [2.05, 4.69) is 31.4 Å². The second-order valence-electron chi connectivity index (χ2n) is 3.74. The zero-order valence-corrected chi connectivity index (χ0v) is 9.37. The fraction of sp³-hybridized carbons (Fsp3) is 0.750. The first-order valence-corrected chi connectivity index (χ1v) is 4.98. The van der Waals surface area contributed by atoms with Gasteiger partial charge in [0, 0.05) is 19.2 Å². The van der Waals surface area contributed by atoms with Crippen LogP contribution in [0.4, 0.5) is 0 Å². The van der Waals surface area contributed by atoms with Crippen molar-refractivity contribution in [1.82, 2.24) is 5.32 Å². The molecule has 0 aromatic rings. The lowest BCUT2D eigenvalue weighted by molar-refractivity contribution is 0.0788. The first-order valence-electron chi connectivity index (χ1n) is 4.19.